The highest BCUT2D eigenvalue weighted by Crippen LogP contribution is 2.29. The lowest BCUT2D eigenvalue weighted by atomic mass is 9.93. The lowest BCUT2D eigenvalue weighted by Crippen LogP contribution is -2.39. The first-order chi connectivity index (χ1) is 16.0. The monoisotopic (exact) mass is 442 g/mol. The molecule has 4 aromatic rings. The van der Waals surface area contributed by atoms with Crippen LogP contribution in [0.4, 0.5) is 4.39 Å². The van der Waals surface area contributed by atoms with E-state index < -0.39 is 0 Å². The number of halogens is 1. The molecule has 5 nitrogen and oxygen atoms in total. The molecule has 1 fully saturated rings. The fourth-order valence-corrected chi connectivity index (χ4v) is 4.62. The molecule has 0 bridgehead atoms. The molecule has 0 spiro atoms. The Bertz CT molecular complexity index is 1300. The molecule has 0 radical (unpaired) electrons. The molecule has 1 unspecified atom stereocenters. The Morgan fingerprint density at radius 2 is 1.91 bits per heavy atom. The summed E-state index contributed by atoms with van der Waals surface area (Å²) < 4.78 is 15.4. The van der Waals surface area contributed by atoms with Crippen LogP contribution in [-0.2, 0) is 0 Å². The molecule has 1 atom stereocenters. The van der Waals surface area contributed by atoms with E-state index >= 15 is 0 Å². The van der Waals surface area contributed by atoms with Crippen LogP contribution in [0.25, 0.3) is 22.3 Å². The van der Waals surface area contributed by atoms with Gasteiger partial charge in [0.25, 0.3) is 5.91 Å². The molecule has 33 heavy (non-hydrogen) atoms. The van der Waals surface area contributed by atoms with Crippen LogP contribution in [-0.4, -0.2) is 38.4 Å². The van der Waals surface area contributed by atoms with Gasteiger partial charge in [-0.2, -0.15) is 0 Å². The van der Waals surface area contributed by atoms with Gasteiger partial charge in [0.15, 0.2) is 0 Å². The van der Waals surface area contributed by atoms with Crippen LogP contribution >= 0.6 is 0 Å². The van der Waals surface area contributed by atoms with Crippen LogP contribution in [0.1, 0.15) is 54.7 Å². The Morgan fingerprint density at radius 1 is 1.09 bits per heavy atom. The van der Waals surface area contributed by atoms with Crippen LogP contribution in [0.2, 0.25) is 0 Å². The van der Waals surface area contributed by atoms with E-state index in [-0.39, 0.29) is 17.6 Å². The van der Waals surface area contributed by atoms with Crippen molar-refractivity contribution in [1.29, 1.82) is 0 Å². The molecule has 1 amide bonds. The fourth-order valence-electron chi connectivity index (χ4n) is 4.62. The summed E-state index contributed by atoms with van der Waals surface area (Å²) >= 11 is 0. The smallest absolute Gasteiger partial charge is 0.253 e. The highest BCUT2D eigenvalue weighted by Gasteiger charge is 2.27. The molecule has 0 saturated carbocycles. The number of likely N-dealkylation sites (tertiary alicyclic amines) is 1. The number of hydrogen-bond donors (Lipinski definition) is 0. The number of benzene rings is 2. The summed E-state index contributed by atoms with van der Waals surface area (Å²) in [7, 11) is 0. The maximum atomic E-state index is 13.3. The van der Waals surface area contributed by atoms with Crippen molar-refractivity contribution in [2.24, 2.45) is 0 Å². The number of rotatable bonds is 4. The van der Waals surface area contributed by atoms with Crippen molar-refractivity contribution >= 4 is 16.9 Å². The summed E-state index contributed by atoms with van der Waals surface area (Å²) in [6.45, 7) is 5.61. The summed E-state index contributed by atoms with van der Waals surface area (Å²) in [6.07, 6.45) is 3.75. The van der Waals surface area contributed by atoms with Crippen molar-refractivity contribution in [2.45, 2.75) is 38.6 Å². The molecule has 5 rings (SSSR count). The molecule has 1 aliphatic rings. The minimum atomic E-state index is -0.259. The van der Waals surface area contributed by atoms with E-state index in [9.17, 15) is 9.18 Å². The summed E-state index contributed by atoms with van der Waals surface area (Å²) in [5, 5.41) is 0. The summed E-state index contributed by atoms with van der Waals surface area (Å²) in [5.41, 5.74) is 5.24. The lowest BCUT2D eigenvalue weighted by Gasteiger charge is -2.32. The molecule has 6 heteroatoms. The third kappa shape index (κ3) is 4.25. The number of carbonyl (C=O) groups excluding carboxylic acids is 1. The average molecular weight is 443 g/mol. The molecule has 1 saturated heterocycles. The van der Waals surface area contributed by atoms with Gasteiger partial charge in [0.2, 0.25) is 0 Å². The van der Waals surface area contributed by atoms with Gasteiger partial charge in [-0.05, 0) is 81.3 Å². The van der Waals surface area contributed by atoms with E-state index in [1.165, 1.54) is 12.1 Å². The Hall–Kier alpha value is -3.54. The van der Waals surface area contributed by atoms with Gasteiger partial charge in [0, 0.05) is 41.9 Å². The summed E-state index contributed by atoms with van der Waals surface area (Å²) in [5.74, 6) is -0.0483. The van der Waals surface area contributed by atoms with Gasteiger partial charge in [-0.1, -0.05) is 6.07 Å². The largest absolute Gasteiger partial charge is 0.338 e. The first-order valence-corrected chi connectivity index (χ1v) is 11.5. The van der Waals surface area contributed by atoms with Crippen molar-refractivity contribution in [3.8, 4) is 11.3 Å². The summed E-state index contributed by atoms with van der Waals surface area (Å²) in [4.78, 5) is 24.6. The van der Waals surface area contributed by atoms with Crippen molar-refractivity contribution in [3.63, 3.8) is 0 Å². The minimum Gasteiger partial charge on any atom is -0.338 e. The maximum absolute atomic E-state index is 13.3. The molecule has 2 aromatic heterocycles. The van der Waals surface area contributed by atoms with Gasteiger partial charge < -0.3 is 9.47 Å². The molecule has 1 aliphatic heterocycles. The van der Waals surface area contributed by atoms with E-state index in [0.717, 1.165) is 47.4 Å². The standard InChI is InChI=1S/C27H27FN4O/c1-18(2)32-17-29-25-15-20(10-13-26(25)32)27(33)31-14-4-5-21(16-31)24-7-3-6-23(30-24)19-8-11-22(28)12-9-19/h3,6-13,15,17-18,21H,4-5,14,16H2,1-2H3. The van der Waals surface area contributed by atoms with Gasteiger partial charge in [-0.25, -0.2) is 9.37 Å². The number of amides is 1. The lowest BCUT2D eigenvalue weighted by molar-refractivity contribution is 0.0706. The molecule has 0 aliphatic carbocycles. The van der Waals surface area contributed by atoms with Crippen LogP contribution in [0, 0.1) is 5.82 Å². The maximum Gasteiger partial charge on any atom is 0.253 e. The van der Waals surface area contributed by atoms with Crippen molar-refractivity contribution in [2.75, 3.05) is 13.1 Å². The average Bonchev–Trinajstić information content (AvgIpc) is 3.28. The van der Waals surface area contributed by atoms with Crippen LogP contribution in [0.3, 0.4) is 0 Å². The normalized spacial score (nSPS) is 16.5. The number of piperidine rings is 1. The minimum absolute atomic E-state index is 0.0374. The Balaban J connectivity index is 1.36. The number of fused-ring (bicyclic) bond motifs is 1. The zero-order chi connectivity index (χ0) is 22.9. The molecule has 168 valence electrons. The van der Waals surface area contributed by atoms with E-state index in [1.54, 1.807) is 12.1 Å². The van der Waals surface area contributed by atoms with Gasteiger partial charge in [0.05, 0.1) is 23.1 Å². The number of nitrogens with zero attached hydrogens (tertiary/aromatic N) is 4. The predicted octanol–water partition coefficient (Wildman–Crippen LogP) is 5.84. The Morgan fingerprint density at radius 3 is 2.70 bits per heavy atom. The Kier molecular flexibility index (Phi) is 5.67. The second kappa shape index (κ2) is 8.77. The van der Waals surface area contributed by atoms with Gasteiger partial charge >= 0.3 is 0 Å². The van der Waals surface area contributed by atoms with Crippen LogP contribution in [0.15, 0.2) is 67.0 Å². The van der Waals surface area contributed by atoms with Crippen LogP contribution in [0.5, 0.6) is 0 Å². The first kappa shape index (κ1) is 21.3. The van der Waals surface area contributed by atoms with Crippen molar-refractivity contribution in [1.82, 2.24) is 19.4 Å². The van der Waals surface area contributed by atoms with Crippen molar-refractivity contribution in [3.05, 3.63) is 84.1 Å². The van der Waals surface area contributed by atoms with Gasteiger partial charge in [0.1, 0.15) is 5.82 Å². The molecule has 3 heterocycles. The molecular formula is C27H27FN4O. The van der Waals surface area contributed by atoms with Crippen LogP contribution < -0.4 is 0 Å². The summed E-state index contributed by atoms with van der Waals surface area (Å²) in [6, 6.07) is 18.4. The second-order valence-electron chi connectivity index (χ2n) is 8.99. The zero-order valence-electron chi connectivity index (χ0n) is 18.9. The van der Waals surface area contributed by atoms with Crippen molar-refractivity contribution < 1.29 is 9.18 Å². The van der Waals surface area contributed by atoms with E-state index in [4.69, 9.17) is 4.98 Å². The van der Waals surface area contributed by atoms with Gasteiger partial charge in [-0.3, -0.25) is 9.78 Å². The van der Waals surface area contributed by atoms with Gasteiger partial charge in [-0.15, -0.1) is 0 Å². The fraction of sp³-hybridized carbons (Fsp3) is 0.296. The third-order valence-electron chi connectivity index (χ3n) is 6.42. The SMILES string of the molecule is CC(C)n1cnc2cc(C(=O)N3CCCC(c4cccc(-c5ccc(F)cc5)n4)C3)ccc21. The number of imidazole rings is 1. The highest BCUT2D eigenvalue weighted by molar-refractivity contribution is 5.97. The second-order valence-corrected chi connectivity index (χ2v) is 8.99. The van der Waals surface area contributed by atoms with E-state index in [0.29, 0.717) is 18.2 Å². The molecular weight excluding hydrogens is 415 g/mol. The third-order valence-corrected chi connectivity index (χ3v) is 6.42. The number of pyridine rings is 1. The van der Waals surface area contributed by atoms with E-state index in [2.05, 4.69) is 23.4 Å². The number of carbonyl (C=O) groups is 1. The number of aromatic nitrogens is 3. The molecule has 0 N–H and O–H groups in total. The first-order valence-electron chi connectivity index (χ1n) is 11.5. The Labute approximate surface area is 192 Å². The number of hydrogen-bond acceptors (Lipinski definition) is 3. The predicted molar refractivity (Wildman–Crippen MR) is 128 cm³/mol. The topological polar surface area (TPSA) is 51.0 Å². The zero-order valence-corrected chi connectivity index (χ0v) is 18.9. The molecule has 2 aromatic carbocycles. The van der Waals surface area contributed by atoms with E-state index in [1.807, 2.05) is 47.6 Å². The quantitative estimate of drug-likeness (QED) is 0.399. The highest BCUT2D eigenvalue weighted by atomic mass is 19.1.